The summed E-state index contributed by atoms with van der Waals surface area (Å²) in [6.07, 6.45) is 6.29. The van der Waals surface area contributed by atoms with Gasteiger partial charge in [-0.15, -0.1) is 0 Å². The van der Waals surface area contributed by atoms with Crippen molar-refractivity contribution in [2.45, 2.75) is 58.9 Å². The molecule has 1 heterocycles. The Bertz CT molecular complexity index is 420. The van der Waals surface area contributed by atoms with Crippen molar-refractivity contribution in [1.82, 2.24) is 4.90 Å². The number of aryl methyl sites for hydroxylation is 1. The van der Waals surface area contributed by atoms with Crippen LogP contribution in [0.3, 0.4) is 0 Å². The summed E-state index contributed by atoms with van der Waals surface area (Å²) in [5.41, 5.74) is 9.67. The molecule has 1 aromatic carbocycles. The van der Waals surface area contributed by atoms with Gasteiger partial charge in [0.2, 0.25) is 0 Å². The van der Waals surface area contributed by atoms with Gasteiger partial charge in [0, 0.05) is 19.1 Å². The Morgan fingerprint density at radius 1 is 1.14 bits per heavy atom. The van der Waals surface area contributed by atoms with Crippen LogP contribution in [0.25, 0.3) is 0 Å². The highest BCUT2D eigenvalue weighted by molar-refractivity contribution is 5.25. The smallest absolute Gasteiger partial charge is 0.0424 e. The molecule has 0 bridgehead atoms. The van der Waals surface area contributed by atoms with E-state index in [-0.39, 0.29) is 6.04 Å². The van der Waals surface area contributed by atoms with Crippen molar-refractivity contribution < 1.29 is 0 Å². The predicted molar refractivity (Wildman–Crippen MR) is 91.4 cm³/mol. The lowest BCUT2D eigenvalue weighted by molar-refractivity contribution is 0.233. The minimum Gasteiger partial charge on any atom is -0.323 e. The third-order valence-electron chi connectivity index (χ3n) is 5.42. The van der Waals surface area contributed by atoms with Gasteiger partial charge < -0.3 is 10.6 Å². The molecule has 2 N–H and O–H groups in total. The van der Waals surface area contributed by atoms with Crippen molar-refractivity contribution in [1.29, 1.82) is 0 Å². The van der Waals surface area contributed by atoms with Crippen LogP contribution in [0, 0.1) is 5.41 Å². The number of hydrogen-bond donors (Lipinski definition) is 1. The summed E-state index contributed by atoms with van der Waals surface area (Å²) in [6, 6.07) is 9.07. The SMILES string of the molecule is CCCc1ccc(C(N)CN2CCC(CC)(CC)C2)cc1. The Labute approximate surface area is 130 Å². The Morgan fingerprint density at radius 3 is 2.33 bits per heavy atom. The van der Waals surface area contributed by atoms with Gasteiger partial charge in [0.1, 0.15) is 0 Å². The van der Waals surface area contributed by atoms with Crippen LogP contribution in [0.15, 0.2) is 24.3 Å². The van der Waals surface area contributed by atoms with E-state index in [0.717, 1.165) is 13.0 Å². The van der Waals surface area contributed by atoms with E-state index >= 15 is 0 Å². The summed E-state index contributed by atoms with van der Waals surface area (Å²) in [5.74, 6) is 0. The van der Waals surface area contributed by atoms with Gasteiger partial charge in [0.05, 0.1) is 0 Å². The maximum absolute atomic E-state index is 6.43. The topological polar surface area (TPSA) is 29.3 Å². The second kappa shape index (κ2) is 7.42. The molecule has 0 amide bonds. The molecule has 0 saturated carbocycles. The molecule has 1 aliphatic heterocycles. The molecule has 1 aromatic rings. The maximum Gasteiger partial charge on any atom is 0.0424 e. The van der Waals surface area contributed by atoms with Gasteiger partial charge in [0.25, 0.3) is 0 Å². The first-order valence-electron chi connectivity index (χ1n) is 8.69. The second-order valence-corrected chi connectivity index (χ2v) is 6.79. The Balaban J connectivity index is 1.91. The number of nitrogens with two attached hydrogens (primary N) is 1. The quantitative estimate of drug-likeness (QED) is 0.816. The average molecular weight is 288 g/mol. The lowest BCUT2D eigenvalue weighted by Crippen LogP contribution is -2.32. The average Bonchev–Trinajstić information content (AvgIpc) is 2.92. The van der Waals surface area contributed by atoms with Crippen molar-refractivity contribution in [3.05, 3.63) is 35.4 Å². The first kappa shape index (κ1) is 16.5. The van der Waals surface area contributed by atoms with Crippen LogP contribution >= 0.6 is 0 Å². The lowest BCUT2D eigenvalue weighted by atomic mass is 9.82. The number of benzene rings is 1. The van der Waals surface area contributed by atoms with Gasteiger partial charge in [-0.3, -0.25) is 0 Å². The Morgan fingerprint density at radius 2 is 1.81 bits per heavy atom. The monoisotopic (exact) mass is 288 g/mol. The molecule has 0 radical (unpaired) electrons. The summed E-state index contributed by atoms with van der Waals surface area (Å²) < 4.78 is 0. The normalized spacial score (nSPS) is 19.8. The van der Waals surface area contributed by atoms with Crippen LogP contribution in [0.2, 0.25) is 0 Å². The zero-order chi connectivity index (χ0) is 15.3. The predicted octanol–water partition coefficient (Wildman–Crippen LogP) is 4.15. The van der Waals surface area contributed by atoms with Gasteiger partial charge in [-0.05, 0) is 48.8 Å². The summed E-state index contributed by atoms with van der Waals surface area (Å²) >= 11 is 0. The molecule has 2 nitrogen and oxygen atoms in total. The maximum atomic E-state index is 6.43. The minimum absolute atomic E-state index is 0.144. The molecule has 1 unspecified atom stereocenters. The first-order chi connectivity index (χ1) is 10.1. The third kappa shape index (κ3) is 4.08. The highest BCUT2D eigenvalue weighted by atomic mass is 15.2. The van der Waals surface area contributed by atoms with E-state index in [9.17, 15) is 0 Å². The van der Waals surface area contributed by atoms with Gasteiger partial charge in [0.15, 0.2) is 0 Å². The van der Waals surface area contributed by atoms with E-state index < -0.39 is 0 Å². The zero-order valence-corrected chi connectivity index (χ0v) is 14.1. The molecule has 21 heavy (non-hydrogen) atoms. The fourth-order valence-electron chi connectivity index (χ4n) is 3.61. The van der Waals surface area contributed by atoms with Crippen LogP contribution in [0.4, 0.5) is 0 Å². The van der Waals surface area contributed by atoms with Gasteiger partial charge >= 0.3 is 0 Å². The summed E-state index contributed by atoms with van der Waals surface area (Å²) in [5, 5.41) is 0. The summed E-state index contributed by atoms with van der Waals surface area (Å²) in [7, 11) is 0. The van der Waals surface area contributed by atoms with Crippen molar-refractivity contribution in [3.8, 4) is 0 Å². The van der Waals surface area contributed by atoms with Crippen LogP contribution in [0.1, 0.15) is 63.6 Å². The third-order valence-corrected chi connectivity index (χ3v) is 5.42. The molecular weight excluding hydrogens is 256 g/mol. The van der Waals surface area contributed by atoms with Crippen LogP contribution in [0.5, 0.6) is 0 Å². The standard InChI is InChI=1S/C19H32N2/c1-4-7-16-8-10-17(11-9-16)18(20)14-21-13-12-19(5-2,6-3)15-21/h8-11,18H,4-7,12-15,20H2,1-3H3. The largest absolute Gasteiger partial charge is 0.323 e. The number of likely N-dealkylation sites (tertiary alicyclic amines) is 1. The fourth-order valence-corrected chi connectivity index (χ4v) is 3.61. The van der Waals surface area contributed by atoms with Crippen LogP contribution in [-0.2, 0) is 6.42 Å². The Hall–Kier alpha value is -0.860. The first-order valence-corrected chi connectivity index (χ1v) is 8.69. The molecule has 1 aliphatic rings. The fraction of sp³-hybridized carbons (Fsp3) is 0.684. The van der Waals surface area contributed by atoms with E-state index in [4.69, 9.17) is 5.73 Å². The number of nitrogens with zero attached hydrogens (tertiary/aromatic N) is 1. The van der Waals surface area contributed by atoms with E-state index in [1.54, 1.807) is 0 Å². The molecular formula is C19H32N2. The summed E-state index contributed by atoms with van der Waals surface area (Å²) in [4.78, 5) is 2.57. The van der Waals surface area contributed by atoms with Gasteiger partial charge in [-0.1, -0.05) is 51.5 Å². The van der Waals surface area contributed by atoms with Gasteiger partial charge in [-0.25, -0.2) is 0 Å². The van der Waals surface area contributed by atoms with Crippen molar-refractivity contribution in [2.75, 3.05) is 19.6 Å². The molecule has 1 atom stereocenters. The van der Waals surface area contributed by atoms with Gasteiger partial charge in [-0.2, -0.15) is 0 Å². The van der Waals surface area contributed by atoms with Crippen LogP contribution < -0.4 is 5.73 Å². The summed E-state index contributed by atoms with van der Waals surface area (Å²) in [6.45, 7) is 10.3. The van der Waals surface area contributed by atoms with E-state index in [1.165, 1.54) is 49.9 Å². The van der Waals surface area contributed by atoms with Crippen LogP contribution in [-0.4, -0.2) is 24.5 Å². The molecule has 1 fully saturated rings. The molecule has 0 aromatic heterocycles. The lowest BCUT2D eigenvalue weighted by Gasteiger charge is -2.27. The molecule has 118 valence electrons. The molecule has 2 heteroatoms. The van der Waals surface area contributed by atoms with Crippen molar-refractivity contribution >= 4 is 0 Å². The van der Waals surface area contributed by atoms with E-state index in [1.807, 2.05) is 0 Å². The van der Waals surface area contributed by atoms with Crippen molar-refractivity contribution in [3.63, 3.8) is 0 Å². The molecule has 0 spiro atoms. The number of rotatable bonds is 7. The molecule has 2 rings (SSSR count). The zero-order valence-electron chi connectivity index (χ0n) is 14.1. The molecule has 1 saturated heterocycles. The highest BCUT2D eigenvalue weighted by Gasteiger charge is 2.35. The van der Waals surface area contributed by atoms with Crippen molar-refractivity contribution in [2.24, 2.45) is 11.1 Å². The second-order valence-electron chi connectivity index (χ2n) is 6.79. The van der Waals surface area contributed by atoms with E-state index in [2.05, 4.69) is 49.9 Å². The molecule has 0 aliphatic carbocycles. The Kier molecular flexibility index (Phi) is 5.83. The highest BCUT2D eigenvalue weighted by Crippen LogP contribution is 2.37. The minimum atomic E-state index is 0.144. The number of hydrogen-bond acceptors (Lipinski definition) is 2. The van der Waals surface area contributed by atoms with E-state index in [0.29, 0.717) is 5.41 Å².